The summed E-state index contributed by atoms with van der Waals surface area (Å²) in [5, 5.41) is 4.27. The predicted octanol–water partition coefficient (Wildman–Crippen LogP) is 4.20. The topological polar surface area (TPSA) is 18.5 Å². The van der Waals surface area contributed by atoms with Crippen molar-refractivity contribution in [3.63, 3.8) is 0 Å². The highest BCUT2D eigenvalue weighted by molar-refractivity contribution is 7.80. The van der Waals surface area contributed by atoms with Gasteiger partial charge >= 0.3 is 0 Å². The summed E-state index contributed by atoms with van der Waals surface area (Å²) in [7, 11) is 2.27. The van der Waals surface area contributed by atoms with Gasteiger partial charge in [0.15, 0.2) is 5.11 Å². The van der Waals surface area contributed by atoms with E-state index in [1.807, 2.05) is 0 Å². The third kappa shape index (κ3) is 5.18. The normalized spacial score (nSPS) is 16.0. The summed E-state index contributed by atoms with van der Waals surface area (Å²) in [6.07, 6.45) is 4.97. The van der Waals surface area contributed by atoms with Crippen LogP contribution >= 0.6 is 12.2 Å². The maximum atomic E-state index is 5.61. The van der Waals surface area contributed by atoms with Crippen LogP contribution in [0, 0.1) is 13.8 Å². The second kappa shape index (κ2) is 8.65. The number of hydrogen-bond acceptors (Lipinski definition) is 2. The molecule has 1 aromatic rings. The molecule has 23 heavy (non-hydrogen) atoms. The molecule has 1 aliphatic rings. The molecule has 0 bridgehead atoms. The van der Waals surface area contributed by atoms with E-state index in [2.05, 4.69) is 61.1 Å². The minimum atomic E-state index is 0.710. The molecule has 0 atom stereocenters. The Kier molecular flexibility index (Phi) is 6.85. The first kappa shape index (κ1) is 18.2. The van der Waals surface area contributed by atoms with Crippen LogP contribution in [0.15, 0.2) is 18.2 Å². The van der Waals surface area contributed by atoms with E-state index < -0.39 is 0 Å². The van der Waals surface area contributed by atoms with Crippen LogP contribution in [-0.4, -0.2) is 47.6 Å². The number of nitrogens with zero attached hydrogens (tertiary/aromatic N) is 2. The van der Waals surface area contributed by atoms with Gasteiger partial charge in [-0.3, -0.25) is 0 Å². The number of rotatable bonds is 5. The van der Waals surface area contributed by atoms with E-state index in [1.54, 1.807) is 0 Å². The maximum absolute atomic E-state index is 5.61. The van der Waals surface area contributed by atoms with Gasteiger partial charge in [-0.2, -0.15) is 0 Å². The largest absolute Gasteiger partial charge is 0.349 e. The average Bonchev–Trinajstić information content (AvgIpc) is 2.56. The van der Waals surface area contributed by atoms with Crippen LogP contribution in [-0.2, 0) is 0 Å². The molecule has 0 aromatic heterocycles. The first-order valence-electron chi connectivity index (χ1n) is 8.84. The molecule has 4 heteroatoms. The lowest BCUT2D eigenvalue weighted by Crippen LogP contribution is -2.47. The van der Waals surface area contributed by atoms with Gasteiger partial charge in [0.1, 0.15) is 0 Å². The Morgan fingerprint density at radius 1 is 1.26 bits per heavy atom. The Morgan fingerprint density at radius 2 is 1.96 bits per heavy atom. The molecule has 128 valence electrons. The first-order valence-corrected chi connectivity index (χ1v) is 9.25. The SMILES string of the molecule is CCCCN(C)C1CCN(C(=S)Nc2ccc(C)c(C)c2)CC1. The summed E-state index contributed by atoms with van der Waals surface area (Å²) in [6, 6.07) is 7.14. The van der Waals surface area contributed by atoms with Crippen molar-refractivity contribution in [1.29, 1.82) is 0 Å². The zero-order chi connectivity index (χ0) is 16.8. The monoisotopic (exact) mass is 333 g/mol. The summed E-state index contributed by atoms with van der Waals surface area (Å²) < 4.78 is 0. The number of benzene rings is 1. The zero-order valence-corrected chi connectivity index (χ0v) is 15.9. The van der Waals surface area contributed by atoms with Crippen LogP contribution in [0.1, 0.15) is 43.7 Å². The van der Waals surface area contributed by atoms with Crippen molar-refractivity contribution in [1.82, 2.24) is 9.80 Å². The summed E-state index contributed by atoms with van der Waals surface area (Å²) >= 11 is 5.61. The lowest BCUT2D eigenvalue weighted by molar-refractivity contribution is 0.163. The lowest BCUT2D eigenvalue weighted by Gasteiger charge is -2.38. The number of aryl methyl sites for hydroxylation is 2. The van der Waals surface area contributed by atoms with Crippen LogP contribution in [0.4, 0.5) is 5.69 Å². The number of unbranched alkanes of at least 4 members (excludes halogenated alkanes) is 1. The molecule has 1 N–H and O–H groups in total. The van der Waals surface area contributed by atoms with Crippen LogP contribution < -0.4 is 5.32 Å². The van der Waals surface area contributed by atoms with Gasteiger partial charge < -0.3 is 15.1 Å². The molecule has 0 unspecified atom stereocenters. The van der Waals surface area contributed by atoms with Gasteiger partial charge in [-0.25, -0.2) is 0 Å². The van der Waals surface area contributed by atoms with Crippen LogP contribution in [0.25, 0.3) is 0 Å². The fourth-order valence-corrected chi connectivity index (χ4v) is 3.42. The molecule has 1 heterocycles. The molecule has 0 spiro atoms. The lowest BCUT2D eigenvalue weighted by atomic mass is 10.0. The minimum absolute atomic E-state index is 0.710. The Balaban J connectivity index is 1.82. The molecule has 2 rings (SSSR count). The molecular weight excluding hydrogens is 302 g/mol. The molecule has 0 radical (unpaired) electrons. The van der Waals surface area contributed by atoms with Crippen molar-refractivity contribution >= 4 is 23.0 Å². The van der Waals surface area contributed by atoms with E-state index in [0.29, 0.717) is 6.04 Å². The zero-order valence-electron chi connectivity index (χ0n) is 15.1. The van der Waals surface area contributed by atoms with Crippen molar-refractivity contribution in [2.45, 2.75) is 52.5 Å². The number of hydrogen-bond donors (Lipinski definition) is 1. The van der Waals surface area contributed by atoms with Gasteiger partial charge in [0, 0.05) is 24.8 Å². The standard InChI is InChI=1S/C19H31N3S/c1-5-6-11-21(4)18-9-12-22(13-10-18)19(23)20-17-8-7-15(2)16(3)14-17/h7-8,14,18H,5-6,9-13H2,1-4H3,(H,20,23). The Morgan fingerprint density at radius 3 is 2.57 bits per heavy atom. The van der Waals surface area contributed by atoms with Crippen LogP contribution in [0.2, 0.25) is 0 Å². The fourth-order valence-electron chi connectivity index (χ4n) is 3.12. The highest BCUT2D eigenvalue weighted by Gasteiger charge is 2.23. The van der Waals surface area contributed by atoms with E-state index in [-0.39, 0.29) is 0 Å². The molecular formula is C19H31N3S. The van der Waals surface area contributed by atoms with Crippen LogP contribution in [0.5, 0.6) is 0 Å². The van der Waals surface area contributed by atoms with Crippen molar-refractivity contribution in [3.05, 3.63) is 29.3 Å². The van der Waals surface area contributed by atoms with Crippen molar-refractivity contribution in [3.8, 4) is 0 Å². The highest BCUT2D eigenvalue weighted by Crippen LogP contribution is 2.19. The summed E-state index contributed by atoms with van der Waals surface area (Å²) in [5.74, 6) is 0. The minimum Gasteiger partial charge on any atom is -0.349 e. The molecule has 0 amide bonds. The predicted molar refractivity (Wildman–Crippen MR) is 104 cm³/mol. The van der Waals surface area contributed by atoms with Gasteiger partial charge in [0.05, 0.1) is 0 Å². The second-order valence-corrected chi connectivity index (χ2v) is 7.17. The molecule has 0 aliphatic carbocycles. The Labute approximate surface area is 147 Å². The van der Waals surface area contributed by atoms with Gasteiger partial charge in [-0.15, -0.1) is 0 Å². The van der Waals surface area contributed by atoms with E-state index in [4.69, 9.17) is 12.2 Å². The first-order chi connectivity index (χ1) is 11.0. The fraction of sp³-hybridized carbons (Fsp3) is 0.632. The van der Waals surface area contributed by atoms with Crippen molar-refractivity contribution in [2.75, 3.05) is 32.0 Å². The second-order valence-electron chi connectivity index (χ2n) is 6.78. The molecule has 1 aromatic carbocycles. The van der Waals surface area contributed by atoms with Gasteiger partial charge in [0.2, 0.25) is 0 Å². The van der Waals surface area contributed by atoms with Crippen molar-refractivity contribution in [2.24, 2.45) is 0 Å². The summed E-state index contributed by atoms with van der Waals surface area (Å²) in [5.41, 5.74) is 3.71. The average molecular weight is 334 g/mol. The quantitative estimate of drug-likeness (QED) is 0.814. The molecule has 1 saturated heterocycles. The van der Waals surface area contributed by atoms with Gasteiger partial charge in [0.25, 0.3) is 0 Å². The summed E-state index contributed by atoms with van der Waals surface area (Å²) in [6.45, 7) is 9.86. The van der Waals surface area contributed by atoms with E-state index in [9.17, 15) is 0 Å². The van der Waals surface area contributed by atoms with E-state index in [0.717, 1.165) is 23.9 Å². The smallest absolute Gasteiger partial charge is 0.173 e. The number of anilines is 1. The molecule has 3 nitrogen and oxygen atoms in total. The maximum Gasteiger partial charge on any atom is 0.173 e. The number of likely N-dealkylation sites (tertiary alicyclic amines) is 1. The Bertz CT molecular complexity index is 521. The number of nitrogens with one attached hydrogen (secondary N) is 1. The Hall–Kier alpha value is -1.13. The third-order valence-corrected chi connectivity index (χ3v) is 5.36. The van der Waals surface area contributed by atoms with Crippen molar-refractivity contribution < 1.29 is 0 Å². The highest BCUT2D eigenvalue weighted by atomic mass is 32.1. The van der Waals surface area contributed by atoms with E-state index in [1.165, 1.54) is 43.4 Å². The third-order valence-electron chi connectivity index (χ3n) is 5.00. The summed E-state index contributed by atoms with van der Waals surface area (Å²) in [4.78, 5) is 4.84. The number of thiocarbonyl (C=S) groups is 1. The molecule has 1 aliphatic heterocycles. The number of piperidine rings is 1. The van der Waals surface area contributed by atoms with Crippen LogP contribution in [0.3, 0.4) is 0 Å². The molecule has 0 saturated carbocycles. The van der Waals surface area contributed by atoms with E-state index >= 15 is 0 Å². The van der Waals surface area contributed by atoms with Gasteiger partial charge in [-0.05, 0) is 82.2 Å². The molecule has 1 fully saturated rings. The van der Waals surface area contributed by atoms with Gasteiger partial charge in [-0.1, -0.05) is 19.4 Å².